The normalized spacial score (nSPS) is 10.3. The molecule has 0 aliphatic heterocycles. The first kappa shape index (κ1) is 13.7. The molecule has 0 heterocycles. The Hall–Kier alpha value is -2.25. The van der Waals surface area contributed by atoms with Crippen LogP contribution in [0.25, 0.3) is 11.1 Å². The fourth-order valence-corrected chi connectivity index (χ4v) is 2.45. The molecule has 0 aromatic heterocycles. The van der Waals surface area contributed by atoms with Gasteiger partial charge in [0.1, 0.15) is 0 Å². The number of halogens is 1. The van der Waals surface area contributed by atoms with Crippen molar-refractivity contribution in [2.45, 2.75) is 6.54 Å². The summed E-state index contributed by atoms with van der Waals surface area (Å²) in [5.74, 6) is 0. The van der Waals surface area contributed by atoms with Crippen LogP contribution in [0, 0.1) is 0 Å². The van der Waals surface area contributed by atoms with Gasteiger partial charge >= 0.3 is 0 Å². The van der Waals surface area contributed by atoms with E-state index in [1.165, 1.54) is 11.1 Å². The Labute approximate surface area is 130 Å². The molecule has 104 valence electrons. The summed E-state index contributed by atoms with van der Waals surface area (Å²) in [5.41, 5.74) is 4.65. The minimum Gasteiger partial charge on any atom is -0.381 e. The summed E-state index contributed by atoms with van der Waals surface area (Å²) in [6.45, 7) is 0.727. The van der Waals surface area contributed by atoms with E-state index in [0.717, 1.165) is 22.8 Å². The van der Waals surface area contributed by atoms with Crippen LogP contribution >= 0.6 is 11.6 Å². The van der Waals surface area contributed by atoms with Crippen LogP contribution in [0.4, 0.5) is 5.69 Å². The minimum absolute atomic E-state index is 0.727. The maximum atomic E-state index is 6.16. The van der Waals surface area contributed by atoms with Crippen LogP contribution in [-0.2, 0) is 6.54 Å². The van der Waals surface area contributed by atoms with E-state index in [1.807, 2.05) is 30.3 Å². The Morgan fingerprint density at radius 2 is 1.29 bits per heavy atom. The third kappa shape index (κ3) is 3.45. The Bertz CT molecular complexity index is 705. The highest BCUT2D eigenvalue weighted by atomic mass is 35.5. The molecule has 0 aliphatic carbocycles. The number of hydrogen-bond donors (Lipinski definition) is 1. The summed E-state index contributed by atoms with van der Waals surface area (Å²) in [5, 5.41) is 4.19. The van der Waals surface area contributed by atoms with E-state index in [0.29, 0.717) is 0 Å². The van der Waals surface area contributed by atoms with Gasteiger partial charge in [0, 0.05) is 17.3 Å². The zero-order chi connectivity index (χ0) is 14.5. The molecule has 0 amide bonds. The lowest BCUT2D eigenvalue weighted by molar-refractivity contribution is 1.15. The summed E-state index contributed by atoms with van der Waals surface area (Å²) in [6, 6.07) is 26.7. The zero-order valence-corrected chi connectivity index (χ0v) is 12.3. The second-order valence-electron chi connectivity index (χ2n) is 4.89. The maximum absolute atomic E-state index is 6.16. The average molecular weight is 294 g/mol. The quantitative estimate of drug-likeness (QED) is 0.658. The summed E-state index contributed by atoms with van der Waals surface area (Å²) in [4.78, 5) is 0. The van der Waals surface area contributed by atoms with Crippen LogP contribution < -0.4 is 5.32 Å². The molecule has 0 saturated carbocycles. The molecule has 3 aromatic carbocycles. The Kier molecular flexibility index (Phi) is 4.23. The molecule has 21 heavy (non-hydrogen) atoms. The van der Waals surface area contributed by atoms with Crippen molar-refractivity contribution in [3.8, 4) is 11.1 Å². The molecule has 1 N–H and O–H groups in total. The van der Waals surface area contributed by atoms with Crippen molar-refractivity contribution >= 4 is 17.3 Å². The van der Waals surface area contributed by atoms with Gasteiger partial charge in [0.05, 0.1) is 0 Å². The molecule has 2 heteroatoms. The van der Waals surface area contributed by atoms with Gasteiger partial charge in [-0.15, -0.1) is 0 Å². The van der Waals surface area contributed by atoms with E-state index in [2.05, 4.69) is 53.8 Å². The first-order chi connectivity index (χ1) is 10.3. The van der Waals surface area contributed by atoms with Crippen molar-refractivity contribution < 1.29 is 0 Å². The fourth-order valence-electron chi connectivity index (χ4n) is 2.25. The number of hydrogen-bond acceptors (Lipinski definition) is 1. The smallest absolute Gasteiger partial charge is 0.0455 e. The summed E-state index contributed by atoms with van der Waals surface area (Å²) in [7, 11) is 0. The fraction of sp³-hybridized carbons (Fsp3) is 0.0526. The lowest BCUT2D eigenvalue weighted by atomic mass is 10.1. The van der Waals surface area contributed by atoms with Crippen LogP contribution in [0.2, 0.25) is 5.02 Å². The van der Waals surface area contributed by atoms with Gasteiger partial charge in [0.2, 0.25) is 0 Å². The van der Waals surface area contributed by atoms with Crippen molar-refractivity contribution in [1.82, 2.24) is 0 Å². The molecule has 0 spiro atoms. The SMILES string of the molecule is Clc1ccccc1CNc1ccc(-c2ccccc2)cc1. The molecule has 3 rings (SSSR count). The predicted molar refractivity (Wildman–Crippen MR) is 90.7 cm³/mol. The van der Waals surface area contributed by atoms with Crippen molar-refractivity contribution in [1.29, 1.82) is 0 Å². The second kappa shape index (κ2) is 6.47. The zero-order valence-electron chi connectivity index (χ0n) is 11.6. The summed E-state index contributed by atoms with van der Waals surface area (Å²) in [6.07, 6.45) is 0. The summed E-state index contributed by atoms with van der Waals surface area (Å²) < 4.78 is 0. The molecule has 1 nitrogen and oxygen atoms in total. The van der Waals surface area contributed by atoms with E-state index < -0.39 is 0 Å². The molecule has 0 aliphatic rings. The van der Waals surface area contributed by atoms with Crippen molar-refractivity contribution in [3.05, 3.63) is 89.4 Å². The van der Waals surface area contributed by atoms with Crippen molar-refractivity contribution in [2.24, 2.45) is 0 Å². The highest BCUT2D eigenvalue weighted by molar-refractivity contribution is 6.31. The van der Waals surface area contributed by atoms with E-state index in [1.54, 1.807) is 0 Å². The third-order valence-corrected chi connectivity index (χ3v) is 3.80. The Balaban J connectivity index is 1.69. The van der Waals surface area contributed by atoms with Crippen molar-refractivity contribution in [2.75, 3.05) is 5.32 Å². The highest BCUT2D eigenvalue weighted by Gasteiger charge is 2.00. The average Bonchev–Trinajstić information content (AvgIpc) is 2.55. The number of rotatable bonds is 4. The Morgan fingerprint density at radius 3 is 2.00 bits per heavy atom. The van der Waals surface area contributed by atoms with E-state index in [4.69, 9.17) is 11.6 Å². The van der Waals surface area contributed by atoms with Gasteiger partial charge < -0.3 is 5.32 Å². The first-order valence-electron chi connectivity index (χ1n) is 6.96. The topological polar surface area (TPSA) is 12.0 Å². The highest BCUT2D eigenvalue weighted by Crippen LogP contribution is 2.22. The lowest BCUT2D eigenvalue weighted by Crippen LogP contribution is -1.99. The molecule has 0 atom stereocenters. The predicted octanol–water partition coefficient (Wildman–Crippen LogP) is 5.62. The van der Waals surface area contributed by atoms with Crippen LogP contribution in [0.15, 0.2) is 78.9 Å². The molecule has 3 aromatic rings. The van der Waals surface area contributed by atoms with Gasteiger partial charge in [0.25, 0.3) is 0 Å². The van der Waals surface area contributed by atoms with Gasteiger partial charge in [0.15, 0.2) is 0 Å². The van der Waals surface area contributed by atoms with E-state index >= 15 is 0 Å². The molecule has 0 bridgehead atoms. The first-order valence-corrected chi connectivity index (χ1v) is 7.33. The number of anilines is 1. The minimum atomic E-state index is 0.727. The molecule has 0 fully saturated rings. The molecule has 0 radical (unpaired) electrons. The molecule has 0 saturated heterocycles. The molecular weight excluding hydrogens is 278 g/mol. The molecule has 0 unspecified atom stereocenters. The van der Waals surface area contributed by atoms with Crippen LogP contribution in [0.3, 0.4) is 0 Å². The van der Waals surface area contributed by atoms with E-state index in [9.17, 15) is 0 Å². The Morgan fingerprint density at radius 1 is 0.667 bits per heavy atom. The summed E-state index contributed by atoms with van der Waals surface area (Å²) >= 11 is 6.16. The largest absolute Gasteiger partial charge is 0.381 e. The number of benzene rings is 3. The van der Waals surface area contributed by atoms with Gasteiger partial charge in [-0.05, 0) is 34.9 Å². The van der Waals surface area contributed by atoms with Crippen LogP contribution in [-0.4, -0.2) is 0 Å². The third-order valence-electron chi connectivity index (χ3n) is 3.43. The standard InChI is InChI=1S/C19H16ClN/c20-19-9-5-4-8-17(19)14-21-18-12-10-16(11-13-18)15-6-2-1-3-7-15/h1-13,21H,14H2. The van der Waals surface area contributed by atoms with Gasteiger partial charge in [-0.1, -0.05) is 72.3 Å². The second-order valence-corrected chi connectivity index (χ2v) is 5.30. The van der Waals surface area contributed by atoms with Crippen LogP contribution in [0.5, 0.6) is 0 Å². The monoisotopic (exact) mass is 293 g/mol. The van der Waals surface area contributed by atoms with Crippen LogP contribution in [0.1, 0.15) is 5.56 Å². The van der Waals surface area contributed by atoms with Crippen molar-refractivity contribution in [3.63, 3.8) is 0 Å². The van der Waals surface area contributed by atoms with Gasteiger partial charge in [-0.3, -0.25) is 0 Å². The lowest BCUT2D eigenvalue weighted by Gasteiger charge is -2.09. The van der Waals surface area contributed by atoms with Gasteiger partial charge in [-0.25, -0.2) is 0 Å². The number of nitrogens with one attached hydrogen (secondary N) is 1. The maximum Gasteiger partial charge on any atom is 0.0455 e. The molecular formula is C19H16ClN. The van der Waals surface area contributed by atoms with Gasteiger partial charge in [-0.2, -0.15) is 0 Å². The van der Waals surface area contributed by atoms with E-state index in [-0.39, 0.29) is 0 Å².